The lowest BCUT2D eigenvalue weighted by molar-refractivity contribution is -0.152. The van der Waals surface area contributed by atoms with Crippen molar-refractivity contribution in [2.45, 2.75) is 39.0 Å². The average molecular weight is 580 g/mol. The number of benzene rings is 2. The number of methoxy groups -OCH3 is 4. The maximum atomic E-state index is 14.6. The molecule has 1 aliphatic heterocycles. The molecule has 10 heteroatoms. The van der Waals surface area contributed by atoms with Crippen LogP contribution in [-0.4, -0.2) is 59.4 Å². The Balaban J connectivity index is 1.99. The highest BCUT2D eigenvalue weighted by molar-refractivity contribution is 6.13. The van der Waals surface area contributed by atoms with Crippen molar-refractivity contribution in [3.63, 3.8) is 0 Å². The molecule has 3 atom stereocenters. The topological polar surface area (TPSA) is 119 Å². The number of dihydropyridines is 1. The van der Waals surface area contributed by atoms with Crippen LogP contribution in [-0.2, 0) is 23.9 Å². The number of esters is 2. The van der Waals surface area contributed by atoms with Crippen molar-refractivity contribution >= 4 is 17.7 Å². The number of hydrogen-bond donors (Lipinski definition) is 1. The molecule has 0 fully saturated rings. The fraction of sp³-hybridized carbons (Fsp3) is 0.406. The van der Waals surface area contributed by atoms with Gasteiger partial charge in [0.05, 0.1) is 47.2 Å². The predicted molar refractivity (Wildman–Crippen MR) is 154 cm³/mol. The monoisotopic (exact) mass is 579 g/mol. The first-order valence-corrected chi connectivity index (χ1v) is 13.8. The number of nitrogens with one attached hydrogen (secondary N) is 1. The number of rotatable bonds is 10. The van der Waals surface area contributed by atoms with Crippen molar-refractivity contribution in [2.24, 2.45) is 5.92 Å². The molecule has 1 N–H and O–H groups in total. The molecule has 2 aromatic rings. The Morgan fingerprint density at radius 1 is 0.881 bits per heavy atom. The van der Waals surface area contributed by atoms with Gasteiger partial charge in [-0.1, -0.05) is 18.2 Å². The van der Waals surface area contributed by atoms with Gasteiger partial charge in [0.25, 0.3) is 0 Å². The first-order chi connectivity index (χ1) is 20.3. The number of Topliss-reactive ketones (excluding diaryl/α,β-unsaturated/α-hetero) is 1. The zero-order chi connectivity index (χ0) is 30.6. The summed E-state index contributed by atoms with van der Waals surface area (Å²) in [7, 11) is 6.02. The van der Waals surface area contributed by atoms with Crippen LogP contribution in [0, 0.1) is 5.92 Å². The van der Waals surface area contributed by atoms with Crippen molar-refractivity contribution in [2.75, 3.05) is 41.7 Å². The fourth-order valence-corrected chi connectivity index (χ4v) is 5.88. The zero-order valence-corrected chi connectivity index (χ0v) is 25.0. The van der Waals surface area contributed by atoms with Gasteiger partial charge in [0.2, 0.25) is 5.75 Å². The molecular formula is C32H37NO9. The zero-order valence-electron chi connectivity index (χ0n) is 25.0. The van der Waals surface area contributed by atoms with Crippen molar-refractivity contribution < 1.29 is 42.8 Å². The Morgan fingerprint density at radius 2 is 1.50 bits per heavy atom. The van der Waals surface area contributed by atoms with Crippen LogP contribution in [0.4, 0.5) is 0 Å². The second-order valence-corrected chi connectivity index (χ2v) is 9.81. The first-order valence-electron chi connectivity index (χ1n) is 13.8. The lowest BCUT2D eigenvalue weighted by atomic mass is 9.67. The minimum Gasteiger partial charge on any atom is -0.496 e. The molecular weight excluding hydrogens is 542 g/mol. The van der Waals surface area contributed by atoms with Gasteiger partial charge in [-0.3, -0.25) is 9.59 Å². The van der Waals surface area contributed by atoms with Crippen molar-refractivity contribution in [3.8, 4) is 23.0 Å². The van der Waals surface area contributed by atoms with E-state index >= 15 is 0 Å². The maximum Gasteiger partial charge on any atom is 0.336 e. The van der Waals surface area contributed by atoms with Gasteiger partial charge in [0.15, 0.2) is 17.3 Å². The van der Waals surface area contributed by atoms with Crippen LogP contribution in [0.25, 0.3) is 0 Å². The molecule has 1 heterocycles. The van der Waals surface area contributed by atoms with Crippen molar-refractivity contribution in [1.29, 1.82) is 0 Å². The predicted octanol–water partition coefficient (Wildman–Crippen LogP) is 4.43. The third-order valence-electron chi connectivity index (χ3n) is 7.61. The molecule has 0 unspecified atom stereocenters. The van der Waals surface area contributed by atoms with E-state index in [2.05, 4.69) is 5.32 Å². The van der Waals surface area contributed by atoms with Gasteiger partial charge in [0.1, 0.15) is 11.7 Å². The highest BCUT2D eigenvalue weighted by Gasteiger charge is 2.50. The van der Waals surface area contributed by atoms with Gasteiger partial charge in [-0.05, 0) is 56.5 Å². The Kier molecular flexibility index (Phi) is 9.45. The highest BCUT2D eigenvalue weighted by atomic mass is 16.5. The lowest BCUT2D eigenvalue weighted by Crippen LogP contribution is -2.43. The smallest absolute Gasteiger partial charge is 0.336 e. The summed E-state index contributed by atoms with van der Waals surface area (Å²) >= 11 is 0. The van der Waals surface area contributed by atoms with Crippen LogP contribution in [0.2, 0.25) is 0 Å². The Bertz CT molecular complexity index is 1420. The standard InChI is InChI=1S/C32H37NO9/c1-8-41-31(35)25-17(3)33-21-16-20(19-12-10-11-13-22(19)37-4)27(32(36)42-9-2)29(34)28(21)26(25)18-14-23(38-5)30(40-7)24(15-18)39-6/h10-15,20,26-27,33H,8-9,16H2,1-7H3/t20-,26+,27-/m0/s1. The van der Waals surface area contributed by atoms with Gasteiger partial charge >= 0.3 is 11.9 Å². The second kappa shape index (κ2) is 13.0. The van der Waals surface area contributed by atoms with Crippen LogP contribution in [0.5, 0.6) is 23.0 Å². The van der Waals surface area contributed by atoms with E-state index < -0.39 is 35.5 Å². The number of ketones is 1. The molecule has 0 spiro atoms. The number of hydrogen-bond acceptors (Lipinski definition) is 10. The van der Waals surface area contributed by atoms with E-state index in [1.807, 2.05) is 18.2 Å². The molecule has 0 aromatic heterocycles. The fourth-order valence-electron chi connectivity index (χ4n) is 5.88. The van der Waals surface area contributed by atoms with Gasteiger partial charge in [-0.2, -0.15) is 0 Å². The normalized spacial score (nSPS) is 19.9. The number of ether oxygens (including phenoxy) is 6. The molecule has 224 valence electrons. The minimum atomic E-state index is -1.17. The summed E-state index contributed by atoms with van der Waals surface area (Å²) in [6.07, 6.45) is 0.291. The molecule has 1 aliphatic carbocycles. The molecule has 0 saturated carbocycles. The summed E-state index contributed by atoms with van der Waals surface area (Å²) in [6.45, 7) is 5.41. The third kappa shape index (κ3) is 5.41. The first kappa shape index (κ1) is 30.5. The summed E-state index contributed by atoms with van der Waals surface area (Å²) < 4.78 is 33.2. The number of carbonyl (C=O) groups is 3. The summed E-state index contributed by atoms with van der Waals surface area (Å²) in [5, 5.41) is 3.30. The van der Waals surface area contributed by atoms with E-state index in [0.29, 0.717) is 51.9 Å². The van der Waals surface area contributed by atoms with Gasteiger partial charge < -0.3 is 33.7 Å². The average Bonchev–Trinajstić information content (AvgIpc) is 2.99. The SMILES string of the molecule is CCOC(=O)C1=C(C)NC2=C(C(=O)[C@@H](C(=O)OCC)[C@H](c3ccccc3OC)C2)[C@@H]1c1cc(OC)c(OC)c(OC)c1. The van der Waals surface area contributed by atoms with E-state index in [0.717, 1.165) is 0 Å². The molecule has 0 radical (unpaired) electrons. The minimum absolute atomic E-state index is 0.106. The van der Waals surface area contributed by atoms with E-state index in [4.69, 9.17) is 28.4 Å². The molecule has 2 aromatic carbocycles. The maximum absolute atomic E-state index is 14.6. The quantitative estimate of drug-likeness (QED) is 0.320. The highest BCUT2D eigenvalue weighted by Crippen LogP contribution is 2.51. The molecule has 10 nitrogen and oxygen atoms in total. The number of para-hydroxylation sites is 1. The van der Waals surface area contributed by atoms with Crippen LogP contribution in [0.3, 0.4) is 0 Å². The molecule has 0 amide bonds. The Labute approximate surface area is 245 Å². The van der Waals surface area contributed by atoms with Crippen LogP contribution < -0.4 is 24.3 Å². The largest absolute Gasteiger partial charge is 0.496 e. The molecule has 2 aliphatic rings. The van der Waals surface area contributed by atoms with Crippen LogP contribution >= 0.6 is 0 Å². The summed E-state index contributed by atoms with van der Waals surface area (Å²) in [4.78, 5) is 41.5. The van der Waals surface area contributed by atoms with E-state index in [9.17, 15) is 14.4 Å². The second-order valence-electron chi connectivity index (χ2n) is 9.81. The molecule has 0 bridgehead atoms. The third-order valence-corrected chi connectivity index (χ3v) is 7.61. The van der Waals surface area contributed by atoms with Gasteiger partial charge in [-0.15, -0.1) is 0 Å². The van der Waals surface area contributed by atoms with E-state index in [-0.39, 0.29) is 24.4 Å². The summed E-state index contributed by atoms with van der Waals surface area (Å²) in [5.74, 6) is -2.69. The Morgan fingerprint density at radius 3 is 2.07 bits per heavy atom. The van der Waals surface area contributed by atoms with Gasteiger partial charge in [0, 0.05) is 28.8 Å². The van der Waals surface area contributed by atoms with Crippen LogP contribution in [0.15, 0.2) is 58.9 Å². The molecule has 0 saturated heterocycles. The summed E-state index contributed by atoms with van der Waals surface area (Å²) in [5.41, 5.74) is 2.90. The number of allylic oxidation sites excluding steroid dienone is 3. The van der Waals surface area contributed by atoms with Crippen LogP contribution in [0.1, 0.15) is 50.2 Å². The number of carbonyl (C=O) groups excluding carboxylic acids is 3. The molecule has 4 rings (SSSR count). The van der Waals surface area contributed by atoms with Crippen molar-refractivity contribution in [3.05, 3.63) is 70.1 Å². The van der Waals surface area contributed by atoms with E-state index in [1.165, 1.54) is 21.3 Å². The van der Waals surface area contributed by atoms with E-state index in [1.54, 1.807) is 46.1 Å². The Hall–Kier alpha value is -4.47. The van der Waals surface area contributed by atoms with Crippen molar-refractivity contribution in [1.82, 2.24) is 5.32 Å². The lowest BCUT2D eigenvalue weighted by Gasteiger charge is -2.39. The summed E-state index contributed by atoms with van der Waals surface area (Å²) in [6, 6.07) is 10.7. The van der Waals surface area contributed by atoms with Gasteiger partial charge in [-0.25, -0.2) is 4.79 Å². The molecule has 42 heavy (non-hydrogen) atoms.